The number of likely N-dealkylation sites (N-methyl/N-ethyl adjacent to an activating group) is 1. The van der Waals surface area contributed by atoms with Crippen LogP contribution in [0.5, 0.6) is 0 Å². The van der Waals surface area contributed by atoms with Crippen molar-refractivity contribution in [3.63, 3.8) is 0 Å². The maximum absolute atomic E-state index is 13.0. The van der Waals surface area contributed by atoms with Crippen LogP contribution in [0.25, 0.3) is 0 Å². The van der Waals surface area contributed by atoms with Gasteiger partial charge >= 0.3 is 6.03 Å². The van der Waals surface area contributed by atoms with Gasteiger partial charge in [-0.3, -0.25) is 0 Å². The molecule has 0 radical (unpaired) electrons. The smallest absolute Gasteiger partial charge is 0.318 e. The van der Waals surface area contributed by atoms with Gasteiger partial charge in [0.2, 0.25) is 0 Å². The van der Waals surface area contributed by atoms with Crippen LogP contribution in [-0.4, -0.2) is 60.6 Å². The number of nitrogens with zero attached hydrogens (tertiary/aromatic N) is 4. The fourth-order valence-corrected chi connectivity index (χ4v) is 4.41. The topological polar surface area (TPSA) is 51.7 Å². The van der Waals surface area contributed by atoms with Crippen molar-refractivity contribution in [3.05, 3.63) is 59.8 Å². The zero-order valence-electron chi connectivity index (χ0n) is 18.0. The third kappa shape index (κ3) is 5.11. The quantitative estimate of drug-likeness (QED) is 0.840. The fourth-order valence-electron chi connectivity index (χ4n) is 4.41. The van der Waals surface area contributed by atoms with Gasteiger partial charge in [0.15, 0.2) is 0 Å². The van der Waals surface area contributed by atoms with Gasteiger partial charge in [0.05, 0.1) is 6.04 Å². The molecular formula is C24H33N5O. The first-order valence-corrected chi connectivity index (χ1v) is 11.2. The maximum atomic E-state index is 13.0. The van der Waals surface area contributed by atoms with Gasteiger partial charge in [-0.1, -0.05) is 49.2 Å². The van der Waals surface area contributed by atoms with E-state index in [1.54, 1.807) is 0 Å². The fraction of sp³-hybridized carbons (Fsp3) is 0.500. The normalized spacial score (nSPS) is 20.6. The number of amides is 2. The predicted molar refractivity (Wildman–Crippen MR) is 121 cm³/mol. The van der Waals surface area contributed by atoms with E-state index in [0.717, 1.165) is 44.1 Å². The van der Waals surface area contributed by atoms with E-state index in [-0.39, 0.29) is 12.1 Å². The van der Waals surface area contributed by atoms with Crippen LogP contribution in [-0.2, 0) is 6.54 Å². The van der Waals surface area contributed by atoms with Crippen LogP contribution in [0.1, 0.15) is 42.9 Å². The predicted octanol–water partition coefficient (Wildman–Crippen LogP) is 3.66. The number of carbonyl (C=O) groups is 1. The molecule has 1 N–H and O–H groups in total. The molecule has 0 saturated carbocycles. The molecule has 2 aliphatic heterocycles. The van der Waals surface area contributed by atoms with Gasteiger partial charge in [-0.25, -0.2) is 9.78 Å². The molecule has 0 bridgehead atoms. The highest BCUT2D eigenvalue weighted by Gasteiger charge is 2.30. The van der Waals surface area contributed by atoms with Crippen LogP contribution in [0.2, 0.25) is 0 Å². The molecule has 2 aliphatic rings. The molecule has 30 heavy (non-hydrogen) atoms. The summed E-state index contributed by atoms with van der Waals surface area (Å²) in [7, 11) is 2.11. The second-order valence-corrected chi connectivity index (χ2v) is 8.47. The standard InChI is InChI=1S/C24H33N5O/c1-27-15-16-29(22(19-27)21-9-5-4-6-10-21)24(30)26-18-20-11-12-23(25-17-20)28-13-7-2-3-8-14-28/h4-6,9-12,17,22H,2-3,7-8,13-16,18-19H2,1H3,(H,26,30). The molecule has 1 unspecified atom stereocenters. The third-order valence-corrected chi connectivity index (χ3v) is 6.21. The summed E-state index contributed by atoms with van der Waals surface area (Å²) in [6.45, 7) is 5.15. The Labute approximate surface area is 179 Å². The Kier molecular flexibility index (Phi) is 6.84. The minimum absolute atomic E-state index is 0.00597. The first-order valence-electron chi connectivity index (χ1n) is 11.2. The van der Waals surface area contributed by atoms with Gasteiger partial charge in [-0.05, 0) is 37.1 Å². The summed E-state index contributed by atoms with van der Waals surface area (Å²) in [5.41, 5.74) is 2.22. The van der Waals surface area contributed by atoms with Crippen molar-refractivity contribution in [3.8, 4) is 0 Å². The van der Waals surface area contributed by atoms with Gasteiger partial charge in [0.25, 0.3) is 0 Å². The lowest BCUT2D eigenvalue weighted by molar-refractivity contribution is 0.108. The molecular weight excluding hydrogens is 374 g/mol. The Morgan fingerprint density at radius 2 is 1.77 bits per heavy atom. The SMILES string of the molecule is CN1CCN(C(=O)NCc2ccc(N3CCCCCC3)nc2)C(c2ccccc2)C1. The second kappa shape index (κ2) is 9.94. The van der Waals surface area contributed by atoms with Gasteiger partial charge in [-0.15, -0.1) is 0 Å². The van der Waals surface area contributed by atoms with Crippen molar-refractivity contribution in [1.82, 2.24) is 20.1 Å². The van der Waals surface area contributed by atoms with Crippen molar-refractivity contribution in [2.45, 2.75) is 38.3 Å². The summed E-state index contributed by atoms with van der Waals surface area (Å²) in [5, 5.41) is 3.11. The van der Waals surface area contributed by atoms with Gasteiger partial charge in [0, 0.05) is 45.5 Å². The Hall–Kier alpha value is -2.60. The Morgan fingerprint density at radius 3 is 2.47 bits per heavy atom. The number of nitrogens with one attached hydrogen (secondary N) is 1. The van der Waals surface area contributed by atoms with Crippen LogP contribution in [0.15, 0.2) is 48.7 Å². The average Bonchev–Trinajstić information content (AvgIpc) is 3.08. The molecule has 4 rings (SSSR count). The summed E-state index contributed by atoms with van der Waals surface area (Å²) in [5.74, 6) is 1.05. The van der Waals surface area contributed by atoms with E-state index >= 15 is 0 Å². The van der Waals surface area contributed by atoms with Gasteiger partial charge < -0.3 is 20.0 Å². The second-order valence-electron chi connectivity index (χ2n) is 8.47. The molecule has 2 amide bonds. The van der Waals surface area contributed by atoms with E-state index in [1.807, 2.05) is 29.3 Å². The molecule has 1 atom stereocenters. The van der Waals surface area contributed by atoms with Crippen LogP contribution >= 0.6 is 0 Å². The number of piperazine rings is 1. The number of carbonyl (C=O) groups excluding carboxylic acids is 1. The highest BCUT2D eigenvalue weighted by molar-refractivity contribution is 5.75. The largest absolute Gasteiger partial charge is 0.357 e. The minimum Gasteiger partial charge on any atom is -0.357 e. The number of aromatic nitrogens is 1. The van der Waals surface area contributed by atoms with Crippen molar-refractivity contribution >= 4 is 11.8 Å². The molecule has 2 fully saturated rings. The monoisotopic (exact) mass is 407 g/mol. The van der Waals surface area contributed by atoms with E-state index in [2.05, 4.69) is 51.4 Å². The number of hydrogen-bond donors (Lipinski definition) is 1. The summed E-state index contributed by atoms with van der Waals surface area (Å²) >= 11 is 0. The van der Waals surface area contributed by atoms with Crippen molar-refractivity contribution in [2.75, 3.05) is 44.7 Å². The number of hydrogen-bond acceptors (Lipinski definition) is 4. The first kappa shape index (κ1) is 20.7. The highest BCUT2D eigenvalue weighted by Crippen LogP contribution is 2.25. The number of anilines is 1. The highest BCUT2D eigenvalue weighted by atomic mass is 16.2. The molecule has 0 spiro atoms. The summed E-state index contributed by atoms with van der Waals surface area (Å²) in [6.07, 6.45) is 7.02. The zero-order chi connectivity index (χ0) is 20.8. The summed E-state index contributed by atoms with van der Waals surface area (Å²) in [4.78, 5) is 24.3. The lowest BCUT2D eigenvalue weighted by Crippen LogP contribution is -2.52. The zero-order valence-corrected chi connectivity index (χ0v) is 18.0. The maximum Gasteiger partial charge on any atom is 0.318 e. The van der Waals surface area contributed by atoms with Crippen molar-refractivity contribution in [2.24, 2.45) is 0 Å². The van der Waals surface area contributed by atoms with E-state index in [0.29, 0.717) is 6.54 Å². The molecule has 1 aromatic heterocycles. The molecule has 6 heteroatoms. The van der Waals surface area contributed by atoms with Gasteiger partial charge in [-0.2, -0.15) is 0 Å². The molecule has 160 valence electrons. The average molecular weight is 408 g/mol. The van der Waals surface area contributed by atoms with E-state index in [4.69, 9.17) is 0 Å². The van der Waals surface area contributed by atoms with Crippen LogP contribution < -0.4 is 10.2 Å². The molecule has 6 nitrogen and oxygen atoms in total. The molecule has 2 saturated heterocycles. The van der Waals surface area contributed by atoms with Crippen LogP contribution in [0.3, 0.4) is 0 Å². The van der Waals surface area contributed by atoms with Gasteiger partial charge in [0.1, 0.15) is 5.82 Å². The number of benzene rings is 1. The number of urea groups is 1. The van der Waals surface area contributed by atoms with E-state index in [1.165, 1.54) is 31.2 Å². The first-order chi connectivity index (χ1) is 14.7. The van der Waals surface area contributed by atoms with Crippen molar-refractivity contribution < 1.29 is 4.79 Å². The summed E-state index contributed by atoms with van der Waals surface area (Å²) < 4.78 is 0. The van der Waals surface area contributed by atoms with Crippen LogP contribution in [0.4, 0.5) is 10.6 Å². The lowest BCUT2D eigenvalue weighted by atomic mass is 10.0. The number of pyridine rings is 1. The molecule has 0 aliphatic carbocycles. The molecule has 3 heterocycles. The van der Waals surface area contributed by atoms with E-state index in [9.17, 15) is 4.79 Å². The Morgan fingerprint density at radius 1 is 1.00 bits per heavy atom. The third-order valence-electron chi connectivity index (χ3n) is 6.21. The lowest BCUT2D eigenvalue weighted by Gasteiger charge is -2.40. The minimum atomic E-state index is -0.00597. The molecule has 2 aromatic rings. The number of rotatable bonds is 4. The Bertz CT molecular complexity index is 802. The van der Waals surface area contributed by atoms with Crippen molar-refractivity contribution in [1.29, 1.82) is 0 Å². The van der Waals surface area contributed by atoms with E-state index < -0.39 is 0 Å². The Balaban J connectivity index is 1.36. The summed E-state index contributed by atoms with van der Waals surface area (Å²) in [6, 6.07) is 14.6. The molecule has 1 aromatic carbocycles. The van der Waals surface area contributed by atoms with Crippen LogP contribution in [0, 0.1) is 0 Å².